The molecule has 3 aromatic rings. The lowest BCUT2D eigenvalue weighted by atomic mass is 10.0. The number of carbonyl (C=O) groups is 1. The number of rotatable bonds is 7. The first-order valence-corrected chi connectivity index (χ1v) is 10.4. The zero-order valence-corrected chi connectivity index (χ0v) is 17.6. The molecular formula is C24H23F2N3O3. The van der Waals surface area contributed by atoms with Gasteiger partial charge in [-0.1, -0.05) is 6.92 Å². The molecule has 1 aliphatic heterocycles. The fourth-order valence-corrected chi connectivity index (χ4v) is 3.70. The molecule has 2 aromatic carbocycles. The van der Waals surface area contributed by atoms with Gasteiger partial charge in [-0.2, -0.15) is 0 Å². The standard InChI is InChI=1S/C24H23F2N3O3/c1-15(24(30)31)12-29-7-6-22-18(13-29)11-27-23(28-22)17-2-4-21(5-3-17)32-14-16-8-19(25)10-20(26)9-16/h2-5,8-11,15H,6-7,12-14H2,1H3,(H,30,31). The number of hydrogen-bond acceptors (Lipinski definition) is 5. The quantitative estimate of drug-likeness (QED) is 0.598. The summed E-state index contributed by atoms with van der Waals surface area (Å²) in [4.78, 5) is 22.4. The Labute approximate surface area is 184 Å². The van der Waals surface area contributed by atoms with Crippen LogP contribution >= 0.6 is 0 Å². The van der Waals surface area contributed by atoms with Gasteiger partial charge in [0.1, 0.15) is 24.0 Å². The second-order valence-electron chi connectivity index (χ2n) is 7.98. The number of ether oxygens (including phenoxy) is 1. The zero-order valence-electron chi connectivity index (χ0n) is 17.6. The molecule has 4 rings (SSSR count). The zero-order chi connectivity index (χ0) is 22.7. The molecule has 1 aromatic heterocycles. The van der Waals surface area contributed by atoms with Gasteiger partial charge in [0.25, 0.3) is 0 Å². The molecule has 1 atom stereocenters. The maximum Gasteiger partial charge on any atom is 0.307 e. The molecule has 32 heavy (non-hydrogen) atoms. The van der Waals surface area contributed by atoms with Gasteiger partial charge in [0.05, 0.1) is 11.6 Å². The molecular weight excluding hydrogens is 416 g/mol. The number of aromatic nitrogens is 2. The average molecular weight is 439 g/mol. The van der Waals surface area contributed by atoms with E-state index in [9.17, 15) is 13.6 Å². The monoisotopic (exact) mass is 439 g/mol. The van der Waals surface area contributed by atoms with Crippen LogP contribution in [0.5, 0.6) is 5.75 Å². The molecule has 166 valence electrons. The van der Waals surface area contributed by atoms with E-state index in [0.717, 1.165) is 35.9 Å². The van der Waals surface area contributed by atoms with Crippen molar-refractivity contribution in [3.8, 4) is 17.1 Å². The molecule has 0 fully saturated rings. The molecule has 0 bridgehead atoms. The van der Waals surface area contributed by atoms with Gasteiger partial charge in [-0.15, -0.1) is 0 Å². The lowest BCUT2D eigenvalue weighted by Gasteiger charge is -2.29. The van der Waals surface area contributed by atoms with Crippen LogP contribution in [0.4, 0.5) is 8.78 Å². The summed E-state index contributed by atoms with van der Waals surface area (Å²) in [6, 6.07) is 10.5. The molecule has 0 saturated heterocycles. The van der Waals surface area contributed by atoms with Gasteiger partial charge >= 0.3 is 5.97 Å². The van der Waals surface area contributed by atoms with E-state index < -0.39 is 23.5 Å². The van der Waals surface area contributed by atoms with E-state index in [1.807, 2.05) is 12.1 Å². The topological polar surface area (TPSA) is 75.5 Å². The van der Waals surface area contributed by atoms with Gasteiger partial charge < -0.3 is 9.84 Å². The maximum absolute atomic E-state index is 13.3. The Balaban J connectivity index is 1.40. The van der Waals surface area contributed by atoms with Crippen LogP contribution in [-0.2, 0) is 24.4 Å². The van der Waals surface area contributed by atoms with E-state index in [1.165, 1.54) is 12.1 Å². The van der Waals surface area contributed by atoms with Crippen LogP contribution in [0.2, 0.25) is 0 Å². The summed E-state index contributed by atoms with van der Waals surface area (Å²) in [6.45, 7) is 3.66. The first-order chi connectivity index (χ1) is 15.4. The summed E-state index contributed by atoms with van der Waals surface area (Å²) in [5.74, 6) is -1.31. The first kappa shape index (κ1) is 21.8. The molecule has 1 N–H and O–H groups in total. The number of hydrogen-bond donors (Lipinski definition) is 1. The van der Waals surface area contributed by atoms with Crippen molar-refractivity contribution in [3.05, 3.63) is 77.1 Å². The summed E-state index contributed by atoms with van der Waals surface area (Å²) in [6.07, 6.45) is 2.54. The Bertz CT molecular complexity index is 1100. The summed E-state index contributed by atoms with van der Waals surface area (Å²) in [5.41, 5.74) is 3.23. The molecule has 1 aliphatic rings. The van der Waals surface area contributed by atoms with E-state index in [2.05, 4.69) is 9.88 Å². The predicted octanol–water partition coefficient (Wildman–Crippen LogP) is 4.08. The van der Waals surface area contributed by atoms with Gasteiger partial charge in [-0.25, -0.2) is 18.7 Å². The third-order valence-electron chi connectivity index (χ3n) is 5.41. The minimum absolute atomic E-state index is 0.0559. The Morgan fingerprint density at radius 1 is 1.19 bits per heavy atom. The van der Waals surface area contributed by atoms with Crippen LogP contribution in [0.25, 0.3) is 11.4 Å². The molecule has 0 aliphatic carbocycles. The number of fused-ring (bicyclic) bond motifs is 1. The summed E-state index contributed by atoms with van der Waals surface area (Å²) in [5, 5.41) is 9.11. The van der Waals surface area contributed by atoms with Crippen molar-refractivity contribution in [3.63, 3.8) is 0 Å². The molecule has 0 radical (unpaired) electrons. The normalized spacial score (nSPS) is 14.6. The summed E-state index contributed by atoms with van der Waals surface area (Å²) < 4.78 is 32.2. The Morgan fingerprint density at radius 2 is 1.91 bits per heavy atom. The maximum atomic E-state index is 13.3. The van der Waals surface area contributed by atoms with E-state index in [4.69, 9.17) is 14.8 Å². The highest BCUT2D eigenvalue weighted by Gasteiger charge is 2.22. The van der Waals surface area contributed by atoms with Crippen LogP contribution in [-0.4, -0.2) is 39.0 Å². The largest absolute Gasteiger partial charge is 0.489 e. The fraction of sp³-hybridized carbons (Fsp3) is 0.292. The van der Waals surface area contributed by atoms with E-state index in [0.29, 0.717) is 30.2 Å². The van der Waals surface area contributed by atoms with Crippen molar-refractivity contribution in [1.82, 2.24) is 14.9 Å². The smallest absolute Gasteiger partial charge is 0.307 e. The third-order valence-corrected chi connectivity index (χ3v) is 5.41. The SMILES string of the molecule is CC(CN1CCc2nc(-c3ccc(OCc4cc(F)cc(F)c4)cc3)ncc2C1)C(=O)O. The highest BCUT2D eigenvalue weighted by Crippen LogP contribution is 2.24. The molecule has 1 unspecified atom stereocenters. The van der Waals surface area contributed by atoms with Crippen molar-refractivity contribution in [1.29, 1.82) is 0 Å². The van der Waals surface area contributed by atoms with Crippen LogP contribution in [0.15, 0.2) is 48.7 Å². The van der Waals surface area contributed by atoms with Gasteiger partial charge in [0, 0.05) is 49.4 Å². The van der Waals surface area contributed by atoms with Crippen molar-refractivity contribution >= 4 is 5.97 Å². The first-order valence-electron chi connectivity index (χ1n) is 10.4. The van der Waals surface area contributed by atoms with Crippen molar-refractivity contribution in [2.45, 2.75) is 26.5 Å². The highest BCUT2D eigenvalue weighted by atomic mass is 19.1. The molecule has 8 heteroatoms. The highest BCUT2D eigenvalue weighted by molar-refractivity contribution is 5.69. The Hall–Kier alpha value is -3.39. The van der Waals surface area contributed by atoms with Crippen LogP contribution in [0.3, 0.4) is 0 Å². The summed E-state index contributed by atoms with van der Waals surface area (Å²) in [7, 11) is 0. The number of carboxylic acids is 1. The average Bonchev–Trinajstić information content (AvgIpc) is 2.77. The number of carboxylic acid groups (broad SMARTS) is 1. The van der Waals surface area contributed by atoms with Crippen molar-refractivity contribution in [2.75, 3.05) is 13.1 Å². The van der Waals surface area contributed by atoms with Gasteiger partial charge in [0.15, 0.2) is 5.82 Å². The second kappa shape index (κ2) is 9.40. The van der Waals surface area contributed by atoms with Crippen molar-refractivity contribution < 1.29 is 23.4 Å². The van der Waals surface area contributed by atoms with Gasteiger partial charge in [0.2, 0.25) is 0 Å². The van der Waals surface area contributed by atoms with Crippen LogP contribution in [0, 0.1) is 17.6 Å². The van der Waals surface area contributed by atoms with E-state index in [1.54, 1.807) is 25.3 Å². The number of halogens is 2. The molecule has 2 heterocycles. The van der Waals surface area contributed by atoms with E-state index in [-0.39, 0.29) is 6.61 Å². The number of aliphatic carboxylic acids is 1. The minimum atomic E-state index is -0.794. The number of benzene rings is 2. The third kappa shape index (κ3) is 5.26. The fourth-order valence-electron chi connectivity index (χ4n) is 3.70. The van der Waals surface area contributed by atoms with Crippen molar-refractivity contribution in [2.24, 2.45) is 5.92 Å². The lowest BCUT2D eigenvalue weighted by Crippen LogP contribution is -2.36. The predicted molar refractivity (Wildman–Crippen MR) is 114 cm³/mol. The lowest BCUT2D eigenvalue weighted by molar-refractivity contribution is -0.141. The van der Waals surface area contributed by atoms with E-state index >= 15 is 0 Å². The molecule has 0 amide bonds. The van der Waals surface area contributed by atoms with Gasteiger partial charge in [-0.05, 0) is 42.0 Å². The number of nitrogens with zero attached hydrogens (tertiary/aromatic N) is 3. The molecule has 0 saturated carbocycles. The molecule has 0 spiro atoms. The van der Waals surface area contributed by atoms with Crippen LogP contribution < -0.4 is 4.74 Å². The Morgan fingerprint density at radius 3 is 2.59 bits per heavy atom. The Kier molecular flexibility index (Phi) is 6.41. The van der Waals surface area contributed by atoms with Crippen LogP contribution in [0.1, 0.15) is 23.7 Å². The molecule has 6 nitrogen and oxygen atoms in total. The minimum Gasteiger partial charge on any atom is -0.489 e. The second-order valence-corrected chi connectivity index (χ2v) is 7.98. The van der Waals surface area contributed by atoms with Gasteiger partial charge in [-0.3, -0.25) is 9.69 Å². The summed E-state index contributed by atoms with van der Waals surface area (Å²) >= 11 is 0.